The molecule has 0 bridgehead atoms. The Labute approximate surface area is 111 Å². The van der Waals surface area contributed by atoms with E-state index in [9.17, 15) is 4.79 Å². The van der Waals surface area contributed by atoms with Crippen LogP contribution in [0.5, 0.6) is 0 Å². The Morgan fingerprint density at radius 3 is 3.00 bits per heavy atom. The van der Waals surface area contributed by atoms with Crippen LogP contribution >= 0.6 is 11.8 Å². The van der Waals surface area contributed by atoms with Gasteiger partial charge in [-0.05, 0) is 18.7 Å². The number of aromatic nitrogens is 5. The number of hydrogen-bond donors (Lipinski definition) is 3. The molecule has 10 heteroatoms. The highest BCUT2D eigenvalue weighted by Crippen LogP contribution is 2.24. The zero-order valence-corrected chi connectivity index (χ0v) is 10.8. The van der Waals surface area contributed by atoms with Crippen LogP contribution in [0.1, 0.15) is 12.6 Å². The Bertz CT molecular complexity index is 663. The molecule has 19 heavy (non-hydrogen) atoms. The minimum absolute atomic E-state index is 0.156. The highest BCUT2D eigenvalue weighted by atomic mass is 32.2. The molecule has 0 atom stereocenters. The van der Waals surface area contributed by atoms with E-state index < -0.39 is 0 Å². The molecule has 0 saturated carbocycles. The van der Waals surface area contributed by atoms with Crippen LogP contribution < -0.4 is 11.4 Å². The first kappa shape index (κ1) is 13.1. The van der Waals surface area contributed by atoms with E-state index >= 15 is 0 Å². The fourth-order valence-corrected chi connectivity index (χ4v) is 2.32. The van der Waals surface area contributed by atoms with Crippen LogP contribution in [-0.2, 0) is 6.54 Å². The van der Waals surface area contributed by atoms with Crippen molar-refractivity contribution in [2.45, 2.75) is 23.7 Å². The zero-order valence-electron chi connectivity index (χ0n) is 9.94. The first-order chi connectivity index (χ1) is 9.17. The van der Waals surface area contributed by atoms with Crippen LogP contribution in [0, 0.1) is 0 Å². The number of rotatable bonds is 4. The molecule has 0 aliphatic heterocycles. The van der Waals surface area contributed by atoms with Gasteiger partial charge >= 0.3 is 5.69 Å². The summed E-state index contributed by atoms with van der Waals surface area (Å²) in [4.78, 5) is 19.5. The monoisotopic (exact) mass is 281 g/mol. The van der Waals surface area contributed by atoms with E-state index in [1.54, 1.807) is 0 Å². The lowest BCUT2D eigenvalue weighted by Gasteiger charge is -2.05. The lowest BCUT2D eigenvalue weighted by molar-refractivity contribution is 0.318. The van der Waals surface area contributed by atoms with Crippen molar-refractivity contribution in [3.8, 4) is 0 Å². The lowest BCUT2D eigenvalue weighted by Crippen LogP contribution is -2.18. The predicted octanol–water partition coefficient (Wildman–Crippen LogP) is -0.373. The van der Waals surface area contributed by atoms with Gasteiger partial charge in [0, 0.05) is 18.9 Å². The van der Waals surface area contributed by atoms with E-state index in [1.165, 1.54) is 17.0 Å². The molecule has 100 valence electrons. The fraction of sp³-hybridized carbons (Fsp3) is 0.222. The molecule has 0 aliphatic carbocycles. The van der Waals surface area contributed by atoms with Crippen molar-refractivity contribution >= 4 is 17.6 Å². The molecule has 0 fully saturated rings. The molecule has 2 aromatic heterocycles. The van der Waals surface area contributed by atoms with Crippen molar-refractivity contribution in [2.24, 2.45) is 10.9 Å². The van der Waals surface area contributed by atoms with E-state index in [-0.39, 0.29) is 17.2 Å². The number of amidine groups is 1. The number of oxime groups is 1. The Balaban J connectivity index is 2.41. The zero-order chi connectivity index (χ0) is 13.8. The molecular formula is C9H11N7O2S. The number of H-pyrrole nitrogens is 1. The summed E-state index contributed by atoms with van der Waals surface area (Å²) >= 11 is 1.10. The first-order valence-electron chi connectivity index (χ1n) is 5.29. The minimum atomic E-state index is -0.306. The van der Waals surface area contributed by atoms with Gasteiger partial charge in [0.05, 0.1) is 0 Å². The van der Waals surface area contributed by atoms with Crippen molar-refractivity contribution in [2.75, 3.05) is 0 Å². The van der Waals surface area contributed by atoms with E-state index in [4.69, 9.17) is 10.9 Å². The van der Waals surface area contributed by atoms with Crippen molar-refractivity contribution in [1.29, 1.82) is 0 Å². The lowest BCUT2D eigenvalue weighted by atomic mass is 10.4. The maximum absolute atomic E-state index is 11.4. The van der Waals surface area contributed by atoms with Crippen LogP contribution in [-0.4, -0.2) is 35.8 Å². The summed E-state index contributed by atoms with van der Waals surface area (Å²) in [6.45, 7) is 2.29. The fourth-order valence-electron chi connectivity index (χ4n) is 1.37. The van der Waals surface area contributed by atoms with Crippen LogP contribution in [0.15, 0.2) is 32.5 Å². The molecule has 9 nitrogen and oxygen atoms in total. The summed E-state index contributed by atoms with van der Waals surface area (Å²) in [6, 6.07) is 0. The Morgan fingerprint density at radius 1 is 1.58 bits per heavy atom. The molecule has 0 amide bonds. The SMILES string of the molecule is CCn1c(Sc2nccnc2C(N)=NO)n[nH]c1=O. The van der Waals surface area contributed by atoms with Crippen molar-refractivity contribution in [3.05, 3.63) is 28.6 Å². The number of nitrogens with zero attached hydrogens (tertiary/aromatic N) is 5. The molecule has 2 rings (SSSR count). The summed E-state index contributed by atoms with van der Waals surface area (Å²) in [5, 5.41) is 18.6. The second kappa shape index (κ2) is 5.52. The van der Waals surface area contributed by atoms with Crippen LogP contribution in [0.2, 0.25) is 0 Å². The predicted molar refractivity (Wildman–Crippen MR) is 67.2 cm³/mol. The smallest absolute Gasteiger partial charge is 0.343 e. The molecule has 2 aromatic rings. The maximum Gasteiger partial charge on any atom is 0.343 e. The quantitative estimate of drug-likeness (QED) is 0.301. The van der Waals surface area contributed by atoms with Gasteiger partial charge in [-0.15, -0.1) is 5.10 Å². The summed E-state index contributed by atoms with van der Waals surface area (Å²) < 4.78 is 1.44. The van der Waals surface area contributed by atoms with Crippen LogP contribution in [0.25, 0.3) is 0 Å². The van der Waals surface area contributed by atoms with Gasteiger partial charge in [-0.25, -0.2) is 19.9 Å². The number of nitrogens with two attached hydrogens (primary N) is 1. The third-order valence-corrected chi connectivity index (χ3v) is 3.23. The Kier molecular flexibility index (Phi) is 3.80. The molecule has 0 saturated heterocycles. The number of hydrogen-bond acceptors (Lipinski definition) is 7. The van der Waals surface area contributed by atoms with E-state index in [0.717, 1.165) is 11.8 Å². The summed E-state index contributed by atoms with van der Waals surface area (Å²) in [7, 11) is 0. The highest BCUT2D eigenvalue weighted by molar-refractivity contribution is 7.99. The maximum atomic E-state index is 11.4. The average molecular weight is 281 g/mol. The van der Waals surface area contributed by atoms with Crippen LogP contribution in [0.3, 0.4) is 0 Å². The van der Waals surface area contributed by atoms with Gasteiger partial charge in [-0.3, -0.25) is 4.57 Å². The van der Waals surface area contributed by atoms with Gasteiger partial charge in [0.1, 0.15) is 10.7 Å². The molecule has 0 aliphatic rings. The summed E-state index contributed by atoms with van der Waals surface area (Å²) in [5.74, 6) is -0.156. The van der Waals surface area contributed by atoms with Gasteiger partial charge in [-0.2, -0.15) is 0 Å². The highest BCUT2D eigenvalue weighted by Gasteiger charge is 2.15. The second-order valence-electron chi connectivity index (χ2n) is 3.35. The molecule has 4 N–H and O–H groups in total. The van der Waals surface area contributed by atoms with Crippen molar-refractivity contribution in [1.82, 2.24) is 24.7 Å². The Hall–Kier alpha value is -2.36. The largest absolute Gasteiger partial charge is 0.409 e. The standard InChI is InChI=1S/C9H11N7O2S/c1-2-16-8(17)13-14-9(16)19-7-5(6(10)15-18)11-3-4-12-7/h3-4,18H,2H2,1H3,(H2,10,15)(H,13,17). The molecule has 0 aromatic carbocycles. The summed E-state index contributed by atoms with van der Waals surface area (Å²) in [5.41, 5.74) is 5.44. The van der Waals surface area contributed by atoms with E-state index in [0.29, 0.717) is 16.7 Å². The molecule has 0 radical (unpaired) electrons. The summed E-state index contributed by atoms with van der Waals surface area (Å²) in [6.07, 6.45) is 2.90. The van der Waals surface area contributed by atoms with Crippen LogP contribution in [0.4, 0.5) is 0 Å². The molecule has 0 spiro atoms. The van der Waals surface area contributed by atoms with E-state index in [2.05, 4.69) is 25.3 Å². The molecule has 0 unspecified atom stereocenters. The number of aromatic amines is 1. The third kappa shape index (κ3) is 2.57. The van der Waals surface area contributed by atoms with Crippen molar-refractivity contribution in [3.63, 3.8) is 0 Å². The van der Waals surface area contributed by atoms with Gasteiger partial charge in [0.15, 0.2) is 11.0 Å². The molecular weight excluding hydrogens is 270 g/mol. The van der Waals surface area contributed by atoms with Crippen molar-refractivity contribution < 1.29 is 5.21 Å². The normalized spacial score (nSPS) is 11.7. The minimum Gasteiger partial charge on any atom is -0.409 e. The third-order valence-electron chi connectivity index (χ3n) is 2.24. The van der Waals surface area contributed by atoms with Gasteiger partial charge in [0.2, 0.25) is 0 Å². The second-order valence-corrected chi connectivity index (χ2v) is 4.31. The van der Waals surface area contributed by atoms with Gasteiger partial charge < -0.3 is 10.9 Å². The van der Waals surface area contributed by atoms with Gasteiger partial charge in [-0.1, -0.05) is 5.16 Å². The Morgan fingerprint density at radius 2 is 2.32 bits per heavy atom. The average Bonchev–Trinajstić information content (AvgIpc) is 2.79. The number of nitrogens with one attached hydrogen (secondary N) is 1. The van der Waals surface area contributed by atoms with Gasteiger partial charge in [0.25, 0.3) is 0 Å². The topological polar surface area (TPSA) is 135 Å². The van der Waals surface area contributed by atoms with E-state index in [1.807, 2.05) is 6.92 Å². The first-order valence-corrected chi connectivity index (χ1v) is 6.11. The molecule has 2 heterocycles.